The molecule has 2 nitrogen and oxygen atoms in total. The molecule has 2 aromatic carbocycles. The second-order valence-electron chi connectivity index (χ2n) is 8.83. The maximum atomic E-state index is 14.2. The second kappa shape index (κ2) is 11.8. The van der Waals surface area contributed by atoms with Crippen molar-refractivity contribution in [2.75, 3.05) is 6.61 Å². The first-order valence-electron chi connectivity index (χ1n) is 11.7. The number of rotatable bonds is 10. The van der Waals surface area contributed by atoms with Crippen molar-refractivity contribution < 1.29 is 13.5 Å². The minimum Gasteiger partial charge on any atom is -0.493 e. The lowest BCUT2D eigenvalue weighted by atomic mass is 9.80. The Labute approximate surface area is 185 Å². The van der Waals surface area contributed by atoms with Crippen molar-refractivity contribution in [3.05, 3.63) is 53.6 Å². The fourth-order valence-electron chi connectivity index (χ4n) is 4.53. The molecule has 1 fully saturated rings. The predicted molar refractivity (Wildman–Crippen MR) is 121 cm³/mol. The average molecular weight is 426 g/mol. The number of benzene rings is 2. The van der Waals surface area contributed by atoms with E-state index in [1.807, 2.05) is 0 Å². The van der Waals surface area contributed by atoms with E-state index >= 15 is 0 Å². The summed E-state index contributed by atoms with van der Waals surface area (Å²) >= 11 is 0. The van der Waals surface area contributed by atoms with Crippen LogP contribution in [0.25, 0.3) is 11.1 Å². The van der Waals surface area contributed by atoms with E-state index in [1.54, 1.807) is 30.3 Å². The number of hydrogen-bond donors (Lipinski definition) is 0. The van der Waals surface area contributed by atoms with Gasteiger partial charge in [-0.05, 0) is 54.5 Å². The summed E-state index contributed by atoms with van der Waals surface area (Å²) in [7, 11) is 0. The Bertz CT molecular complexity index is 864. The number of hydrogen-bond acceptors (Lipinski definition) is 2. The summed E-state index contributed by atoms with van der Waals surface area (Å²) in [6.45, 7) is 2.97. The van der Waals surface area contributed by atoms with Crippen LogP contribution >= 0.6 is 0 Å². The van der Waals surface area contributed by atoms with E-state index < -0.39 is 11.6 Å². The van der Waals surface area contributed by atoms with Gasteiger partial charge in [0, 0.05) is 5.56 Å². The summed E-state index contributed by atoms with van der Waals surface area (Å²) in [6, 6.07) is 11.5. The normalized spacial score (nSPS) is 18.5. The highest BCUT2D eigenvalue weighted by molar-refractivity contribution is 5.66. The van der Waals surface area contributed by atoms with Gasteiger partial charge in [-0.25, -0.2) is 8.78 Å². The van der Waals surface area contributed by atoms with Gasteiger partial charge in [-0.3, -0.25) is 0 Å². The van der Waals surface area contributed by atoms with Gasteiger partial charge in [-0.15, -0.1) is 0 Å². The quantitative estimate of drug-likeness (QED) is 0.361. The van der Waals surface area contributed by atoms with Crippen LogP contribution in [0.5, 0.6) is 5.75 Å². The van der Waals surface area contributed by atoms with Crippen LogP contribution in [-0.2, 0) is 0 Å². The number of nitriles is 1. The third-order valence-corrected chi connectivity index (χ3v) is 6.54. The molecule has 0 aliphatic heterocycles. The standard InChI is InChI=1S/C27H33F2NO/c1-2-3-4-5-6-7-20-8-10-21(11-9-20)19-31-24-15-12-22(13-16-24)25-17-14-23(18-30)26(28)27(25)29/h12-17,20-21H,2-11,19H2,1H3. The van der Waals surface area contributed by atoms with Crippen molar-refractivity contribution in [1.29, 1.82) is 5.26 Å². The number of unbranched alkanes of at least 4 members (excludes halogenated alkanes) is 4. The lowest BCUT2D eigenvalue weighted by molar-refractivity contribution is 0.177. The minimum atomic E-state index is -1.10. The van der Waals surface area contributed by atoms with Gasteiger partial charge >= 0.3 is 0 Å². The zero-order valence-electron chi connectivity index (χ0n) is 18.5. The number of ether oxygens (including phenoxy) is 1. The van der Waals surface area contributed by atoms with Crippen LogP contribution in [0.3, 0.4) is 0 Å². The zero-order chi connectivity index (χ0) is 22.1. The van der Waals surface area contributed by atoms with Gasteiger partial charge in [0.05, 0.1) is 12.2 Å². The molecular formula is C27H33F2NO. The molecule has 0 radical (unpaired) electrons. The Morgan fingerprint density at radius 2 is 1.55 bits per heavy atom. The highest BCUT2D eigenvalue weighted by atomic mass is 19.2. The van der Waals surface area contributed by atoms with Crippen LogP contribution < -0.4 is 4.74 Å². The summed E-state index contributed by atoms with van der Waals surface area (Å²) < 4.78 is 34.1. The molecule has 0 atom stereocenters. The summed E-state index contributed by atoms with van der Waals surface area (Å²) in [4.78, 5) is 0. The Hall–Kier alpha value is -2.41. The van der Waals surface area contributed by atoms with Crippen LogP contribution in [0.2, 0.25) is 0 Å². The average Bonchev–Trinajstić information content (AvgIpc) is 2.80. The molecule has 1 aliphatic rings. The Kier molecular flexibility index (Phi) is 8.88. The topological polar surface area (TPSA) is 33.0 Å². The third kappa shape index (κ3) is 6.53. The Morgan fingerprint density at radius 3 is 2.23 bits per heavy atom. The highest BCUT2D eigenvalue weighted by Gasteiger charge is 2.21. The molecule has 0 aromatic heterocycles. The predicted octanol–water partition coefficient (Wildman–Crippen LogP) is 8.05. The van der Waals surface area contributed by atoms with Crippen molar-refractivity contribution >= 4 is 0 Å². The van der Waals surface area contributed by atoms with Crippen LogP contribution in [0.4, 0.5) is 8.78 Å². The van der Waals surface area contributed by atoms with Crippen LogP contribution in [0, 0.1) is 34.8 Å². The smallest absolute Gasteiger partial charge is 0.177 e. The van der Waals surface area contributed by atoms with Crippen molar-refractivity contribution in [1.82, 2.24) is 0 Å². The molecule has 4 heteroatoms. The first-order valence-corrected chi connectivity index (χ1v) is 11.7. The molecule has 0 saturated heterocycles. The number of halogens is 2. The highest BCUT2D eigenvalue weighted by Crippen LogP contribution is 2.33. The molecule has 0 unspecified atom stereocenters. The third-order valence-electron chi connectivity index (χ3n) is 6.54. The van der Waals surface area contributed by atoms with E-state index in [2.05, 4.69) is 6.92 Å². The van der Waals surface area contributed by atoms with E-state index in [-0.39, 0.29) is 11.1 Å². The van der Waals surface area contributed by atoms with Gasteiger partial charge < -0.3 is 4.74 Å². The van der Waals surface area contributed by atoms with Gasteiger partial charge in [-0.1, -0.05) is 70.4 Å². The zero-order valence-corrected chi connectivity index (χ0v) is 18.5. The molecule has 3 rings (SSSR count). The van der Waals surface area contributed by atoms with Crippen molar-refractivity contribution in [2.24, 2.45) is 11.8 Å². The summed E-state index contributed by atoms with van der Waals surface area (Å²) in [5.74, 6) is 0.143. The fourth-order valence-corrected chi connectivity index (χ4v) is 4.53. The molecule has 0 spiro atoms. The maximum absolute atomic E-state index is 14.2. The molecular weight excluding hydrogens is 392 g/mol. The second-order valence-corrected chi connectivity index (χ2v) is 8.83. The molecule has 2 aromatic rings. The van der Waals surface area contributed by atoms with E-state index in [0.29, 0.717) is 18.1 Å². The van der Waals surface area contributed by atoms with Crippen LogP contribution in [-0.4, -0.2) is 6.61 Å². The minimum absolute atomic E-state index is 0.149. The fraction of sp³-hybridized carbons (Fsp3) is 0.519. The van der Waals surface area contributed by atoms with E-state index in [4.69, 9.17) is 10.00 Å². The van der Waals surface area contributed by atoms with Gasteiger partial charge in [0.15, 0.2) is 11.6 Å². The molecule has 0 heterocycles. The van der Waals surface area contributed by atoms with Crippen molar-refractivity contribution in [2.45, 2.75) is 71.1 Å². The van der Waals surface area contributed by atoms with Crippen LogP contribution in [0.1, 0.15) is 76.7 Å². The van der Waals surface area contributed by atoms with Gasteiger partial charge in [0.25, 0.3) is 0 Å². The van der Waals surface area contributed by atoms with E-state index in [0.717, 1.165) is 11.7 Å². The first kappa shape index (κ1) is 23.3. The Morgan fingerprint density at radius 1 is 0.871 bits per heavy atom. The van der Waals surface area contributed by atoms with Gasteiger partial charge in [0.2, 0.25) is 0 Å². The molecule has 31 heavy (non-hydrogen) atoms. The van der Waals surface area contributed by atoms with Crippen LogP contribution in [0.15, 0.2) is 36.4 Å². The van der Waals surface area contributed by atoms with E-state index in [9.17, 15) is 8.78 Å². The first-order chi connectivity index (χ1) is 15.1. The SMILES string of the molecule is CCCCCCCC1CCC(COc2ccc(-c3ccc(C#N)c(F)c3F)cc2)CC1. The Balaban J connectivity index is 1.44. The molecule has 1 saturated carbocycles. The lowest BCUT2D eigenvalue weighted by Gasteiger charge is -2.28. The van der Waals surface area contributed by atoms with E-state index in [1.165, 1.54) is 76.3 Å². The summed E-state index contributed by atoms with van der Waals surface area (Å²) in [6.07, 6.45) is 13.3. The number of nitrogens with zero attached hydrogens (tertiary/aromatic N) is 1. The van der Waals surface area contributed by atoms with Crippen molar-refractivity contribution in [3.63, 3.8) is 0 Å². The molecule has 0 N–H and O–H groups in total. The molecule has 0 bridgehead atoms. The molecule has 166 valence electrons. The van der Waals surface area contributed by atoms with Gasteiger partial charge in [-0.2, -0.15) is 5.26 Å². The van der Waals surface area contributed by atoms with Crippen molar-refractivity contribution in [3.8, 4) is 22.9 Å². The summed E-state index contributed by atoms with van der Waals surface area (Å²) in [5.41, 5.74) is 0.427. The maximum Gasteiger partial charge on any atom is 0.177 e. The largest absolute Gasteiger partial charge is 0.493 e. The molecule has 0 amide bonds. The lowest BCUT2D eigenvalue weighted by Crippen LogP contribution is -2.20. The monoisotopic (exact) mass is 425 g/mol. The molecule has 1 aliphatic carbocycles. The van der Waals surface area contributed by atoms with Gasteiger partial charge in [0.1, 0.15) is 11.8 Å². The summed E-state index contributed by atoms with van der Waals surface area (Å²) in [5, 5.41) is 8.81.